The van der Waals surface area contributed by atoms with Gasteiger partial charge in [-0.25, -0.2) is 0 Å². The number of benzene rings is 2. The highest BCUT2D eigenvalue weighted by Crippen LogP contribution is 2.34. The Bertz CT molecular complexity index is 1300. The van der Waals surface area contributed by atoms with Gasteiger partial charge >= 0.3 is 21.6 Å². The minimum atomic E-state index is -6.25. The van der Waals surface area contributed by atoms with Crippen LogP contribution in [-0.2, 0) is 23.9 Å². The van der Waals surface area contributed by atoms with Crippen LogP contribution < -0.4 is 0 Å². The molecule has 180 valence electrons. The van der Waals surface area contributed by atoms with Crippen molar-refractivity contribution in [2.45, 2.75) is 38.1 Å². The lowest BCUT2D eigenvalue weighted by Gasteiger charge is -2.25. The summed E-state index contributed by atoms with van der Waals surface area (Å²) in [6.45, 7) is 1.83. The van der Waals surface area contributed by atoms with E-state index in [0.29, 0.717) is 17.4 Å². The molecule has 0 unspecified atom stereocenters. The Kier molecular flexibility index (Phi) is 7.28. The summed E-state index contributed by atoms with van der Waals surface area (Å²) in [5, 5.41) is -0.00886. The second kappa shape index (κ2) is 9.82. The monoisotopic (exact) mass is 497 g/mol. The fraction of sp³-hybridized carbons (Fsp3) is 0.318. The van der Waals surface area contributed by atoms with Gasteiger partial charge in [-0.2, -0.15) is 21.6 Å². The molecule has 0 bridgehead atoms. The van der Waals surface area contributed by atoms with Crippen LogP contribution in [0.5, 0.6) is 0 Å². The molecule has 0 saturated heterocycles. The first-order chi connectivity index (χ1) is 16.0. The summed E-state index contributed by atoms with van der Waals surface area (Å²) in [5.41, 5.74) is -5.95. The van der Waals surface area contributed by atoms with E-state index in [4.69, 9.17) is 4.74 Å². The minimum absolute atomic E-state index is 0.0881. The Labute approximate surface area is 192 Å². The molecule has 0 spiro atoms. The topological polar surface area (TPSA) is 107 Å². The smallest absolute Gasteiger partial charge is 0.452 e. The van der Waals surface area contributed by atoms with Crippen LogP contribution in [0.2, 0.25) is 0 Å². The first-order valence-electron chi connectivity index (χ1n) is 10.1. The van der Waals surface area contributed by atoms with Gasteiger partial charge in [-0.15, -0.1) is 9.35 Å². The maximum Gasteiger partial charge on any atom is 0.525 e. The Morgan fingerprint density at radius 1 is 1.06 bits per heavy atom. The Morgan fingerprint density at radius 3 is 2.38 bits per heavy atom. The summed E-state index contributed by atoms with van der Waals surface area (Å²) in [6.07, 6.45) is 2.86. The predicted molar refractivity (Wildman–Crippen MR) is 112 cm³/mol. The minimum Gasteiger partial charge on any atom is -0.452 e. The quantitative estimate of drug-likeness (QED) is 0.189. The number of imide groups is 1. The van der Waals surface area contributed by atoms with Crippen molar-refractivity contribution in [2.75, 3.05) is 6.61 Å². The number of hydroxylamine groups is 2. The third-order valence-corrected chi connectivity index (χ3v) is 5.75. The maximum absolute atomic E-state index is 12.7. The van der Waals surface area contributed by atoms with Gasteiger partial charge in [-0.3, -0.25) is 14.4 Å². The van der Waals surface area contributed by atoms with Gasteiger partial charge in [0.15, 0.2) is 6.61 Å². The fourth-order valence-corrected chi connectivity index (χ4v) is 3.65. The van der Waals surface area contributed by atoms with Crippen molar-refractivity contribution in [3.05, 3.63) is 47.0 Å². The molecular formula is C22H18F3NO7S. The Balaban J connectivity index is 1.88. The van der Waals surface area contributed by atoms with Crippen molar-refractivity contribution in [2.24, 2.45) is 0 Å². The van der Waals surface area contributed by atoms with Crippen molar-refractivity contribution < 1.29 is 45.0 Å². The Morgan fingerprint density at radius 2 is 1.74 bits per heavy atom. The number of carbonyl (C=O) groups excluding carboxylic acids is 3. The van der Waals surface area contributed by atoms with E-state index in [-0.39, 0.29) is 35.5 Å². The number of halogens is 3. The third-order valence-electron chi connectivity index (χ3n) is 4.84. The third kappa shape index (κ3) is 5.05. The van der Waals surface area contributed by atoms with Crippen LogP contribution in [0.3, 0.4) is 0 Å². The molecule has 3 rings (SSSR count). The molecule has 12 heteroatoms. The lowest BCUT2D eigenvalue weighted by atomic mass is 9.92. The number of amides is 2. The van der Waals surface area contributed by atoms with E-state index >= 15 is 0 Å². The van der Waals surface area contributed by atoms with Crippen LogP contribution in [0.4, 0.5) is 13.2 Å². The first kappa shape index (κ1) is 25.2. The van der Waals surface area contributed by atoms with Gasteiger partial charge in [0.05, 0.1) is 11.1 Å². The largest absolute Gasteiger partial charge is 0.525 e. The maximum atomic E-state index is 12.7. The van der Waals surface area contributed by atoms with E-state index in [9.17, 15) is 36.0 Å². The van der Waals surface area contributed by atoms with E-state index in [1.165, 1.54) is 30.3 Å². The highest BCUT2D eigenvalue weighted by molar-refractivity contribution is 7.87. The molecule has 0 fully saturated rings. The zero-order valence-corrected chi connectivity index (χ0v) is 18.6. The Hall–Kier alpha value is -3.43. The molecule has 1 aliphatic heterocycles. The molecule has 2 amide bonds. The molecule has 0 N–H and O–H groups in total. The summed E-state index contributed by atoms with van der Waals surface area (Å²) < 4.78 is 69.6. The molecule has 2 aromatic rings. The number of esters is 1. The predicted octanol–water partition coefficient (Wildman–Crippen LogP) is 3.69. The van der Waals surface area contributed by atoms with Crippen LogP contribution in [0, 0.1) is 11.8 Å². The lowest BCUT2D eigenvalue weighted by molar-refractivity contribution is -0.142. The summed E-state index contributed by atoms with van der Waals surface area (Å²) in [6, 6.07) is 6.71. The van der Waals surface area contributed by atoms with Gasteiger partial charge in [0.25, 0.3) is 11.8 Å². The lowest BCUT2D eigenvalue weighted by Crippen LogP contribution is -2.44. The van der Waals surface area contributed by atoms with Gasteiger partial charge in [-0.05, 0) is 30.0 Å². The van der Waals surface area contributed by atoms with E-state index in [0.717, 1.165) is 12.8 Å². The molecule has 8 nitrogen and oxygen atoms in total. The zero-order chi connectivity index (χ0) is 25.1. The summed E-state index contributed by atoms with van der Waals surface area (Å²) in [7, 11) is -6.25. The van der Waals surface area contributed by atoms with Gasteiger partial charge in [0, 0.05) is 17.4 Å². The molecule has 0 atom stereocenters. The number of hydrogen-bond acceptors (Lipinski definition) is 7. The van der Waals surface area contributed by atoms with E-state index in [1.54, 1.807) is 0 Å². The van der Waals surface area contributed by atoms with Crippen LogP contribution in [0.25, 0.3) is 10.8 Å². The molecule has 34 heavy (non-hydrogen) atoms. The standard InChI is InChI=1S/C22H18F3NO7S/c1-2-3-4-10-18(27)32-13-6-7-14-11-12-17-19-15(14)8-5-9-16(19)20(28)26(21(17)29)33-34(30,31)22(23,24)25/h5,8-9,11-12H,2-4,10,13H2,1H3. The molecule has 0 aliphatic carbocycles. The average Bonchev–Trinajstić information content (AvgIpc) is 2.77. The number of ether oxygens (including phenoxy) is 1. The first-order valence-corrected chi connectivity index (χ1v) is 11.5. The highest BCUT2D eigenvalue weighted by Gasteiger charge is 2.51. The zero-order valence-electron chi connectivity index (χ0n) is 17.8. The van der Waals surface area contributed by atoms with Crippen LogP contribution >= 0.6 is 0 Å². The van der Waals surface area contributed by atoms with E-state index in [2.05, 4.69) is 16.1 Å². The van der Waals surface area contributed by atoms with Crippen LogP contribution in [0.15, 0.2) is 30.3 Å². The normalized spacial score (nSPS) is 13.6. The van der Waals surface area contributed by atoms with Crippen molar-refractivity contribution in [1.29, 1.82) is 0 Å². The second-order valence-electron chi connectivity index (χ2n) is 7.19. The highest BCUT2D eigenvalue weighted by atomic mass is 32.2. The van der Waals surface area contributed by atoms with Crippen molar-refractivity contribution >= 4 is 38.7 Å². The van der Waals surface area contributed by atoms with Crippen LogP contribution in [-0.4, -0.2) is 43.4 Å². The average molecular weight is 497 g/mol. The van der Waals surface area contributed by atoms with Crippen LogP contribution in [0.1, 0.15) is 58.9 Å². The SMILES string of the molecule is CCCCCC(=O)OCC#Cc1ccc2c3c(cccc13)C(=O)N(OS(=O)(=O)C(F)(F)F)C2=O. The van der Waals surface area contributed by atoms with Crippen molar-refractivity contribution in [1.82, 2.24) is 5.06 Å². The molecular weight excluding hydrogens is 479 g/mol. The molecule has 1 aliphatic rings. The molecule has 0 radical (unpaired) electrons. The number of rotatable bonds is 7. The summed E-state index contributed by atoms with van der Waals surface area (Å²) in [5.74, 6) is 2.31. The van der Waals surface area contributed by atoms with Crippen molar-refractivity contribution in [3.8, 4) is 11.8 Å². The number of hydrogen-bond donors (Lipinski definition) is 0. The van der Waals surface area contributed by atoms with Gasteiger partial charge < -0.3 is 4.74 Å². The van der Waals surface area contributed by atoms with Gasteiger partial charge in [0.1, 0.15) is 0 Å². The molecule has 0 saturated carbocycles. The van der Waals surface area contributed by atoms with Crippen molar-refractivity contribution in [3.63, 3.8) is 0 Å². The van der Waals surface area contributed by atoms with Gasteiger partial charge in [-0.1, -0.05) is 43.7 Å². The van der Waals surface area contributed by atoms with Gasteiger partial charge in [0.2, 0.25) is 0 Å². The number of carbonyl (C=O) groups is 3. The van der Waals surface area contributed by atoms with E-state index < -0.39 is 32.5 Å². The molecule has 1 heterocycles. The second-order valence-corrected chi connectivity index (χ2v) is 8.71. The fourth-order valence-electron chi connectivity index (χ4n) is 3.23. The molecule has 0 aromatic heterocycles. The number of alkyl halides is 3. The summed E-state index contributed by atoms with van der Waals surface area (Å²) >= 11 is 0. The number of unbranched alkanes of at least 4 members (excludes halogenated alkanes) is 2. The number of nitrogens with zero attached hydrogens (tertiary/aromatic N) is 1. The summed E-state index contributed by atoms with van der Waals surface area (Å²) in [4.78, 5) is 36.9. The van der Waals surface area contributed by atoms with E-state index in [1.807, 2.05) is 6.92 Å². The molecule has 2 aromatic carbocycles.